The number of benzene rings is 1. The first kappa shape index (κ1) is 20.3. The highest BCUT2D eigenvalue weighted by Gasteiger charge is 2.25. The lowest BCUT2D eigenvalue weighted by Gasteiger charge is -2.30. The summed E-state index contributed by atoms with van der Waals surface area (Å²) in [6.45, 7) is 7.25. The van der Waals surface area contributed by atoms with E-state index in [-0.39, 0.29) is 0 Å². The van der Waals surface area contributed by atoms with Crippen molar-refractivity contribution in [2.45, 2.75) is 84.5 Å². The number of ether oxygens (including phenoxy) is 1. The fourth-order valence-electron chi connectivity index (χ4n) is 4.23. The molecule has 3 nitrogen and oxygen atoms in total. The smallest absolute Gasteiger partial charge is 0.148 e. The summed E-state index contributed by atoms with van der Waals surface area (Å²) < 4.78 is 5.94. The van der Waals surface area contributed by atoms with Crippen LogP contribution in [0.3, 0.4) is 0 Å². The number of rotatable bonds is 9. The van der Waals surface area contributed by atoms with Crippen LogP contribution in [0.1, 0.15) is 88.1 Å². The molecule has 1 aromatic carbocycles. The maximum absolute atomic E-state index is 5.94. The molecule has 0 spiro atoms. The molecular formula is C23H34N2OS. The van der Waals surface area contributed by atoms with Crippen molar-refractivity contribution in [2.24, 2.45) is 5.92 Å². The van der Waals surface area contributed by atoms with Gasteiger partial charge in [0.1, 0.15) is 15.8 Å². The second-order valence-corrected chi connectivity index (χ2v) is 9.12. The van der Waals surface area contributed by atoms with Gasteiger partial charge in [-0.05, 0) is 74.6 Å². The van der Waals surface area contributed by atoms with Crippen LogP contribution in [0.25, 0.3) is 10.6 Å². The number of hydrogen-bond acceptors (Lipinski definition) is 4. The Bertz CT molecular complexity index is 704. The SMILES string of the molecule is CCCCCC1CCC(c2cc(OCCC)ccc2-c2nnc(C)s2)CC1. The largest absolute Gasteiger partial charge is 0.494 e. The van der Waals surface area contributed by atoms with E-state index in [2.05, 4.69) is 42.2 Å². The van der Waals surface area contributed by atoms with Gasteiger partial charge in [-0.1, -0.05) is 50.9 Å². The summed E-state index contributed by atoms with van der Waals surface area (Å²) in [5.74, 6) is 2.55. The summed E-state index contributed by atoms with van der Waals surface area (Å²) in [6, 6.07) is 6.58. The molecule has 27 heavy (non-hydrogen) atoms. The van der Waals surface area contributed by atoms with E-state index in [1.54, 1.807) is 11.3 Å². The Morgan fingerprint density at radius 3 is 2.52 bits per heavy atom. The third-order valence-electron chi connectivity index (χ3n) is 5.75. The van der Waals surface area contributed by atoms with Crippen LogP contribution < -0.4 is 4.74 Å². The summed E-state index contributed by atoms with van der Waals surface area (Å²) in [5, 5.41) is 10.7. The van der Waals surface area contributed by atoms with Gasteiger partial charge in [0.05, 0.1) is 6.61 Å². The van der Waals surface area contributed by atoms with Crippen LogP contribution >= 0.6 is 11.3 Å². The zero-order valence-electron chi connectivity index (χ0n) is 17.2. The van der Waals surface area contributed by atoms with E-state index in [9.17, 15) is 0 Å². The number of unbranched alkanes of at least 4 members (excludes halogenated alkanes) is 2. The fourth-order valence-corrected chi connectivity index (χ4v) is 4.97. The summed E-state index contributed by atoms with van der Waals surface area (Å²) in [6.07, 6.45) is 11.9. The lowest BCUT2D eigenvalue weighted by molar-refractivity contribution is 0.300. The van der Waals surface area contributed by atoms with Gasteiger partial charge in [0, 0.05) is 5.56 Å². The summed E-state index contributed by atoms with van der Waals surface area (Å²) in [7, 11) is 0. The molecule has 3 rings (SSSR count). The van der Waals surface area contributed by atoms with E-state index < -0.39 is 0 Å². The van der Waals surface area contributed by atoms with E-state index in [0.717, 1.165) is 34.7 Å². The molecule has 0 saturated heterocycles. The molecule has 0 bridgehead atoms. The second kappa shape index (κ2) is 10.2. The van der Waals surface area contributed by atoms with Crippen molar-refractivity contribution >= 4 is 11.3 Å². The highest BCUT2D eigenvalue weighted by Crippen LogP contribution is 2.43. The molecule has 148 valence electrons. The minimum absolute atomic E-state index is 0.622. The first-order valence-electron chi connectivity index (χ1n) is 10.8. The van der Waals surface area contributed by atoms with E-state index in [1.165, 1.54) is 62.5 Å². The van der Waals surface area contributed by atoms with Gasteiger partial charge < -0.3 is 4.74 Å². The first-order chi connectivity index (χ1) is 13.2. The normalized spacial score (nSPS) is 20.0. The average molecular weight is 387 g/mol. The zero-order chi connectivity index (χ0) is 19.1. The van der Waals surface area contributed by atoms with Crippen LogP contribution in [0.5, 0.6) is 5.75 Å². The molecule has 0 radical (unpaired) electrons. The molecule has 1 aliphatic rings. The van der Waals surface area contributed by atoms with Crippen molar-refractivity contribution in [1.82, 2.24) is 10.2 Å². The Hall–Kier alpha value is -1.42. The van der Waals surface area contributed by atoms with Crippen molar-refractivity contribution < 1.29 is 4.74 Å². The van der Waals surface area contributed by atoms with Gasteiger partial charge in [-0.25, -0.2) is 0 Å². The Morgan fingerprint density at radius 2 is 1.85 bits per heavy atom. The van der Waals surface area contributed by atoms with Crippen molar-refractivity contribution in [2.75, 3.05) is 6.61 Å². The third-order valence-corrected chi connectivity index (χ3v) is 6.63. The fraction of sp³-hybridized carbons (Fsp3) is 0.652. The van der Waals surface area contributed by atoms with E-state index >= 15 is 0 Å². The Labute approximate surface area is 168 Å². The highest BCUT2D eigenvalue weighted by atomic mass is 32.1. The first-order valence-corrected chi connectivity index (χ1v) is 11.6. The molecule has 0 atom stereocenters. The highest BCUT2D eigenvalue weighted by molar-refractivity contribution is 7.14. The molecular weight excluding hydrogens is 352 g/mol. The quantitative estimate of drug-likeness (QED) is 0.429. The number of hydrogen-bond donors (Lipinski definition) is 0. The summed E-state index contributed by atoms with van der Waals surface area (Å²) >= 11 is 1.69. The van der Waals surface area contributed by atoms with Crippen LogP contribution in [0.2, 0.25) is 0 Å². The molecule has 4 heteroatoms. The van der Waals surface area contributed by atoms with Crippen LogP contribution in [0.4, 0.5) is 0 Å². The third kappa shape index (κ3) is 5.54. The molecule has 1 fully saturated rings. The van der Waals surface area contributed by atoms with Crippen LogP contribution in [-0.2, 0) is 0 Å². The molecule has 1 aliphatic carbocycles. The van der Waals surface area contributed by atoms with E-state index in [1.807, 2.05) is 6.92 Å². The van der Waals surface area contributed by atoms with E-state index in [4.69, 9.17) is 4.74 Å². The molecule has 1 aromatic heterocycles. The van der Waals surface area contributed by atoms with Gasteiger partial charge in [0.15, 0.2) is 0 Å². The monoisotopic (exact) mass is 386 g/mol. The molecule has 1 heterocycles. The Balaban J connectivity index is 1.75. The molecule has 2 aromatic rings. The second-order valence-electron chi connectivity index (χ2n) is 7.94. The molecule has 0 N–H and O–H groups in total. The van der Waals surface area contributed by atoms with Gasteiger partial charge in [-0.3, -0.25) is 0 Å². The van der Waals surface area contributed by atoms with Gasteiger partial charge in [-0.15, -0.1) is 10.2 Å². The van der Waals surface area contributed by atoms with Crippen molar-refractivity contribution in [1.29, 1.82) is 0 Å². The molecule has 0 aliphatic heterocycles. The number of aryl methyl sites for hydroxylation is 1. The molecule has 0 amide bonds. The van der Waals surface area contributed by atoms with Crippen LogP contribution in [-0.4, -0.2) is 16.8 Å². The Kier molecular flexibility index (Phi) is 7.69. The predicted octanol–water partition coefficient (Wildman–Crippen LogP) is 7.16. The standard InChI is InChI=1S/C23H34N2OS/c1-4-6-7-8-18-9-11-19(12-10-18)22-16-20(26-15-5-2)13-14-21(22)23-25-24-17(3)27-23/h13-14,16,18-19H,4-12,15H2,1-3H3. The average Bonchev–Trinajstić information content (AvgIpc) is 3.13. The zero-order valence-corrected chi connectivity index (χ0v) is 18.0. The molecule has 1 saturated carbocycles. The van der Waals surface area contributed by atoms with E-state index in [0.29, 0.717) is 5.92 Å². The lowest BCUT2D eigenvalue weighted by Crippen LogP contribution is -2.14. The summed E-state index contributed by atoms with van der Waals surface area (Å²) in [5.41, 5.74) is 2.69. The van der Waals surface area contributed by atoms with Crippen LogP contribution in [0.15, 0.2) is 18.2 Å². The van der Waals surface area contributed by atoms with Crippen molar-refractivity contribution in [3.05, 3.63) is 28.8 Å². The Morgan fingerprint density at radius 1 is 1.04 bits per heavy atom. The topological polar surface area (TPSA) is 35.0 Å². The maximum atomic E-state index is 5.94. The maximum Gasteiger partial charge on any atom is 0.148 e. The van der Waals surface area contributed by atoms with Crippen molar-refractivity contribution in [3.8, 4) is 16.3 Å². The van der Waals surface area contributed by atoms with Gasteiger partial charge in [-0.2, -0.15) is 0 Å². The lowest BCUT2D eigenvalue weighted by atomic mass is 9.76. The summed E-state index contributed by atoms with van der Waals surface area (Å²) in [4.78, 5) is 0. The minimum atomic E-state index is 0.622. The van der Waals surface area contributed by atoms with Crippen molar-refractivity contribution in [3.63, 3.8) is 0 Å². The van der Waals surface area contributed by atoms with Gasteiger partial charge in [0.2, 0.25) is 0 Å². The number of nitrogens with zero attached hydrogens (tertiary/aromatic N) is 2. The predicted molar refractivity (Wildman–Crippen MR) is 115 cm³/mol. The molecule has 0 unspecified atom stereocenters. The van der Waals surface area contributed by atoms with Gasteiger partial charge >= 0.3 is 0 Å². The number of aromatic nitrogens is 2. The minimum Gasteiger partial charge on any atom is -0.494 e. The van der Waals surface area contributed by atoms with Crippen LogP contribution in [0, 0.1) is 12.8 Å². The van der Waals surface area contributed by atoms with Gasteiger partial charge in [0.25, 0.3) is 0 Å².